The number of urea groups is 1. The number of nitrogens with one attached hydrogen (secondary N) is 1. The largest absolute Gasteiger partial charge is 0.347 e. The Kier molecular flexibility index (Phi) is 5.10. The highest BCUT2D eigenvalue weighted by Crippen LogP contribution is 2.32. The van der Waals surface area contributed by atoms with Gasteiger partial charge in [-0.1, -0.05) is 41.9 Å². The standard InChI is InChI=1S/C24H25ClN4O2/c1-27-20-9-5-2-6-17(20)22-21(27)12-15-29(23(22)30)16-10-13-28(14-11-16)24(31)26-19-8-4-3-7-18(19)25/h2-9,16H,10-15H2,1H3,(H,26,31). The normalized spacial score (nSPS) is 17.2. The SMILES string of the molecule is Cn1c2c(c3ccccc31)C(=O)N(C1CCN(C(=O)Nc3ccccc3Cl)CC1)CC2. The van der Waals surface area contributed by atoms with Gasteiger partial charge in [-0.05, 0) is 31.0 Å². The lowest BCUT2D eigenvalue weighted by molar-refractivity contribution is 0.0581. The van der Waals surface area contributed by atoms with Crippen molar-refractivity contribution in [2.24, 2.45) is 7.05 Å². The van der Waals surface area contributed by atoms with E-state index in [9.17, 15) is 9.59 Å². The molecule has 2 aromatic carbocycles. The number of carbonyl (C=O) groups excluding carboxylic acids is 2. The first-order valence-electron chi connectivity index (χ1n) is 10.7. The summed E-state index contributed by atoms with van der Waals surface area (Å²) in [4.78, 5) is 29.9. The van der Waals surface area contributed by atoms with Gasteiger partial charge in [0.15, 0.2) is 0 Å². The maximum absolute atomic E-state index is 13.4. The Balaban J connectivity index is 1.27. The van der Waals surface area contributed by atoms with Gasteiger partial charge in [0.05, 0.1) is 16.3 Å². The third-order valence-electron chi connectivity index (χ3n) is 6.60. The highest BCUT2D eigenvalue weighted by Gasteiger charge is 2.35. The Morgan fingerprint density at radius 2 is 1.74 bits per heavy atom. The molecule has 2 aliphatic heterocycles. The van der Waals surface area contributed by atoms with Gasteiger partial charge in [-0.3, -0.25) is 4.79 Å². The minimum atomic E-state index is -0.145. The Hall–Kier alpha value is -2.99. The lowest BCUT2D eigenvalue weighted by Gasteiger charge is -2.40. The van der Waals surface area contributed by atoms with E-state index in [1.165, 1.54) is 0 Å². The molecule has 3 amide bonds. The molecule has 3 aromatic rings. The van der Waals surface area contributed by atoms with Crippen LogP contribution in [0.2, 0.25) is 5.02 Å². The van der Waals surface area contributed by atoms with Crippen LogP contribution in [0.3, 0.4) is 0 Å². The van der Waals surface area contributed by atoms with Gasteiger partial charge in [0, 0.05) is 55.7 Å². The Morgan fingerprint density at radius 1 is 1.03 bits per heavy atom. The number of nitrogens with zero attached hydrogens (tertiary/aromatic N) is 3. The van der Waals surface area contributed by atoms with E-state index in [-0.39, 0.29) is 18.0 Å². The molecule has 3 heterocycles. The number of fused-ring (bicyclic) bond motifs is 3. The molecule has 1 N–H and O–H groups in total. The van der Waals surface area contributed by atoms with Gasteiger partial charge in [0.1, 0.15) is 0 Å². The number of hydrogen-bond acceptors (Lipinski definition) is 2. The molecule has 0 bridgehead atoms. The molecule has 2 aliphatic rings. The number of hydrogen-bond donors (Lipinski definition) is 1. The van der Waals surface area contributed by atoms with Crippen LogP contribution in [0.5, 0.6) is 0 Å². The molecule has 0 unspecified atom stereocenters. The van der Waals surface area contributed by atoms with Crippen LogP contribution in [-0.2, 0) is 13.5 Å². The lowest BCUT2D eigenvalue weighted by atomic mass is 9.97. The third kappa shape index (κ3) is 3.45. The second-order valence-electron chi connectivity index (χ2n) is 8.27. The van der Waals surface area contributed by atoms with Gasteiger partial charge >= 0.3 is 6.03 Å². The van der Waals surface area contributed by atoms with Crippen LogP contribution in [0.1, 0.15) is 28.9 Å². The van der Waals surface area contributed by atoms with Crippen molar-refractivity contribution in [1.29, 1.82) is 0 Å². The summed E-state index contributed by atoms with van der Waals surface area (Å²) < 4.78 is 2.15. The fourth-order valence-electron chi connectivity index (χ4n) is 4.93. The third-order valence-corrected chi connectivity index (χ3v) is 6.93. The lowest BCUT2D eigenvalue weighted by Crippen LogP contribution is -2.51. The first-order valence-corrected chi connectivity index (χ1v) is 11.1. The minimum Gasteiger partial charge on any atom is -0.347 e. The summed E-state index contributed by atoms with van der Waals surface area (Å²) in [6.07, 6.45) is 2.42. The fraction of sp³-hybridized carbons (Fsp3) is 0.333. The van der Waals surface area contributed by atoms with Crippen LogP contribution in [-0.4, -0.2) is 52.0 Å². The summed E-state index contributed by atoms with van der Waals surface area (Å²) in [7, 11) is 2.04. The molecule has 5 rings (SSSR count). The molecule has 1 fully saturated rings. The molecular weight excluding hydrogens is 412 g/mol. The highest BCUT2D eigenvalue weighted by atomic mass is 35.5. The number of carbonyl (C=O) groups is 2. The molecule has 0 radical (unpaired) electrons. The number of para-hydroxylation sites is 2. The van der Waals surface area contributed by atoms with Crippen molar-refractivity contribution in [3.8, 4) is 0 Å². The average molecular weight is 437 g/mol. The van der Waals surface area contributed by atoms with Crippen molar-refractivity contribution >= 4 is 40.1 Å². The van der Waals surface area contributed by atoms with Gasteiger partial charge in [-0.2, -0.15) is 0 Å². The maximum Gasteiger partial charge on any atom is 0.321 e. The van der Waals surface area contributed by atoms with E-state index in [1.54, 1.807) is 17.0 Å². The Labute approximate surface area is 186 Å². The van der Waals surface area contributed by atoms with Crippen molar-refractivity contribution < 1.29 is 9.59 Å². The van der Waals surface area contributed by atoms with Crippen LogP contribution in [0.4, 0.5) is 10.5 Å². The maximum atomic E-state index is 13.4. The number of benzene rings is 2. The van der Waals surface area contributed by atoms with Crippen LogP contribution in [0, 0.1) is 0 Å². The first-order chi connectivity index (χ1) is 15.0. The van der Waals surface area contributed by atoms with Crippen LogP contribution >= 0.6 is 11.6 Å². The van der Waals surface area contributed by atoms with Crippen molar-refractivity contribution in [2.45, 2.75) is 25.3 Å². The number of likely N-dealkylation sites (tertiary alicyclic amines) is 1. The second kappa shape index (κ2) is 7.93. The van der Waals surface area contributed by atoms with E-state index < -0.39 is 0 Å². The second-order valence-corrected chi connectivity index (χ2v) is 8.68. The number of piperidine rings is 1. The Morgan fingerprint density at radius 3 is 2.52 bits per heavy atom. The van der Waals surface area contributed by atoms with Gasteiger partial charge in [-0.15, -0.1) is 0 Å². The van der Waals surface area contributed by atoms with Crippen molar-refractivity contribution in [2.75, 3.05) is 25.0 Å². The van der Waals surface area contributed by atoms with Gasteiger partial charge in [0.2, 0.25) is 0 Å². The van der Waals surface area contributed by atoms with E-state index in [2.05, 4.69) is 16.0 Å². The zero-order valence-corrected chi connectivity index (χ0v) is 18.2. The average Bonchev–Trinajstić information content (AvgIpc) is 3.09. The topological polar surface area (TPSA) is 57.6 Å². The number of anilines is 1. The number of halogens is 1. The highest BCUT2D eigenvalue weighted by molar-refractivity contribution is 6.33. The van der Waals surface area contributed by atoms with Gasteiger partial charge < -0.3 is 19.7 Å². The van der Waals surface area contributed by atoms with Crippen LogP contribution in [0.25, 0.3) is 10.9 Å². The number of aromatic nitrogens is 1. The molecule has 6 nitrogen and oxygen atoms in total. The van der Waals surface area contributed by atoms with E-state index in [1.807, 2.05) is 42.3 Å². The van der Waals surface area contributed by atoms with Crippen molar-refractivity contribution in [3.05, 3.63) is 64.8 Å². The predicted molar refractivity (Wildman–Crippen MR) is 123 cm³/mol. The monoisotopic (exact) mass is 436 g/mol. The van der Waals surface area contributed by atoms with Crippen LogP contribution < -0.4 is 5.32 Å². The molecule has 160 valence electrons. The number of aryl methyl sites for hydroxylation is 1. The molecule has 0 saturated carbocycles. The first kappa shape index (κ1) is 19.9. The van der Waals surface area contributed by atoms with E-state index in [0.29, 0.717) is 23.8 Å². The van der Waals surface area contributed by atoms with E-state index in [4.69, 9.17) is 11.6 Å². The minimum absolute atomic E-state index is 0.122. The summed E-state index contributed by atoms with van der Waals surface area (Å²) >= 11 is 6.15. The summed E-state index contributed by atoms with van der Waals surface area (Å²) in [5, 5.41) is 4.45. The molecule has 0 aliphatic carbocycles. The van der Waals surface area contributed by atoms with Gasteiger partial charge in [0.25, 0.3) is 5.91 Å². The molecular formula is C24H25ClN4O2. The summed E-state index contributed by atoms with van der Waals surface area (Å²) in [5.41, 5.74) is 3.70. The summed E-state index contributed by atoms with van der Waals surface area (Å²) in [6.45, 7) is 1.97. The quantitative estimate of drug-likeness (QED) is 0.641. The molecule has 1 aromatic heterocycles. The molecule has 0 spiro atoms. The summed E-state index contributed by atoms with van der Waals surface area (Å²) in [5.74, 6) is 0.122. The van der Waals surface area contributed by atoms with Gasteiger partial charge in [-0.25, -0.2) is 4.79 Å². The van der Waals surface area contributed by atoms with Crippen molar-refractivity contribution in [3.63, 3.8) is 0 Å². The van der Waals surface area contributed by atoms with Crippen molar-refractivity contribution in [1.82, 2.24) is 14.4 Å². The molecule has 31 heavy (non-hydrogen) atoms. The molecule has 1 saturated heterocycles. The predicted octanol–water partition coefficient (Wildman–Crippen LogP) is 4.53. The van der Waals surface area contributed by atoms with E-state index >= 15 is 0 Å². The summed E-state index contributed by atoms with van der Waals surface area (Å²) in [6, 6.07) is 15.4. The number of amides is 3. The Bertz CT molecular complexity index is 1160. The van der Waals surface area contributed by atoms with Crippen LogP contribution in [0.15, 0.2) is 48.5 Å². The molecule has 0 atom stereocenters. The van der Waals surface area contributed by atoms with E-state index in [0.717, 1.165) is 48.0 Å². The fourth-order valence-corrected chi connectivity index (χ4v) is 5.12. The smallest absolute Gasteiger partial charge is 0.321 e. The zero-order valence-electron chi connectivity index (χ0n) is 17.5. The zero-order chi connectivity index (χ0) is 21.5. The number of rotatable bonds is 2. The molecule has 7 heteroatoms.